The molecule has 1 saturated heterocycles. The number of amides is 2. The van der Waals surface area contributed by atoms with E-state index in [-0.39, 0.29) is 17.9 Å². The molecule has 51 heavy (non-hydrogen) atoms. The minimum Gasteiger partial charge on any atom is -0.448 e. The fourth-order valence-electron chi connectivity index (χ4n) is 7.98. The first-order valence-corrected chi connectivity index (χ1v) is 18.5. The lowest BCUT2D eigenvalue weighted by Crippen LogP contribution is -2.38. The van der Waals surface area contributed by atoms with Crippen LogP contribution in [0, 0.1) is 0 Å². The molecule has 1 fully saturated rings. The number of ether oxygens (including phenoxy) is 1. The summed E-state index contributed by atoms with van der Waals surface area (Å²) in [5.74, 6) is 1.01. The molecule has 4 aromatic carbocycles. The number of fused-ring (bicyclic) bond motifs is 4. The number of piperidine rings is 1. The van der Waals surface area contributed by atoms with E-state index in [9.17, 15) is 9.59 Å². The van der Waals surface area contributed by atoms with Crippen molar-refractivity contribution in [1.29, 1.82) is 0 Å². The van der Waals surface area contributed by atoms with E-state index in [1.165, 1.54) is 27.8 Å². The van der Waals surface area contributed by atoms with Gasteiger partial charge in [0.05, 0.1) is 15.6 Å². The second kappa shape index (κ2) is 13.6. The highest BCUT2D eigenvalue weighted by Crippen LogP contribution is 2.45. The van der Waals surface area contributed by atoms with E-state index in [2.05, 4.69) is 110 Å². The minimum absolute atomic E-state index is 0.0321. The lowest BCUT2D eigenvalue weighted by Gasteiger charge is -2.32. The summed E-state index contributed by atoms with van der Waals surface area (Å²) in [7, 11) is 0. The molecule has 2 amide bonds. The fourth-order valence-corrected chi connectivity index (χ4v) is 8.37. The van der Waals surface area contributed by atoms with E-state index in [0.29, 0.717) is 38.0 Å². The average Bonchev–Trinajstić information content (AvgIpc) is 3.60. The molecule has 2 N–H and O–H groups in total. The summed E-state index contributed by atoms with van der Waals surface area (Å²) in [6.07, 6.45) is 4.79. The number of aryl methyl sites for hydroxylation is 2. The number of halogens is 1. The van der Waals surface area contributed by atoms with Crippen LogP contribution >= 0.6 is 15.9 Å². The smallest absolute Gasteiger partial charge is 0.409 e. The number of hydrogen-bond donors (Lipinski definition) is 2. The Morgan fingerprint density at radius 3 is 2.31 bits per heavy atom. The SMILES string of the molecule is CC1(C)C(=O)Nc2cccc(CCc3nc(Nc4ccc(C5CCN(C(=O)OCC6c7ccccc7-c7ccccc76)CC5)cc4)ncc3Br)c21. The molecule has 0 unspecified atom stereocenters. The van der Waals surface area contributed by atoms with Crippen LogP contribution < -0.4 is 10.6 Å². The molecule has 8 rings (SSSR count). The van der Waals surface area contributed by atoms with Gasteiger partial charge in [-0.05, 0) is 119 Å². The maximum absolute atomic E-state index is 13.1. The van der Waals surface area contributed by atoms with Gasteiger partial charge in [0.1, 0.15) is 6.61 Å². The quantitative estimate of drug-likeness (QED) is 0.165. The molecule has 1 aromatic heterocycles. The van der Waals surface area contributed by atoms with E-state index in [0.717, 1.165) is 51.9 Å². The van der Waals surface area contributed by atoms with Crippen molar-refractivity contribution in [3.05, 3.63) is 135 Å². The first-order chi connectivity index (χ1) is 24.8. The van der Waals surface area contributed by atoms with Crippen molar-refractivity contribution >= 4 is 45.3 Å². The van der Waals surface area contributed by atoms with Crippen molar-refractivity contribution in [2.75, 3.05) is 30.3 Å². The van der Waals surface area contributed by atoms with Crippen molar-refractivity contribution in [3.8, 4) is 11.1 Å². The summed E-state index contributed by atoms with van der Waals surface area (Å²) in [5.41, 5.74) is 10.5. The zero-order chi connectivity index (χ0) is 35.1. The topological polar surface area (TPSA) is 96.5 Å². The summed E-state index contributed by atoms with van der Waals surface area (Å²) < 4.78 is 6.78. The Morgan fingerprint density at radius 2 is 1.61 bits per heavy atom. The van der Waals surface area contributed by atoms with Gasteiger partial charge in [-0.3, -0.25) is 4.79 Å². The molecular weight excluding hydrogens is 702 g/mol. The van der Waals surface area contributed by atoms with Crippen LogP contribution in [0.25, 0.3) is 11.1 Å². The van der Waals surface area contributed by atoms with Gasteiger partial charge in [0.15, 0.2) is 0 Å². The summed E-state index contributed by atoms with van der Waals surface area (Å²) in [6.45, 7) is 5.64. The molecule has 0 bridgehead atoms. The standard InChI is InChI=1S/C42H40BrN5O3/c1-42(2)38-28(8-7-13-37(38)46-39(42)49)16-19-36-35(43)24-44-40(47-36)45-29-17-14-26(15-18-29)27-20-22-48(23-21-27)41(50)51-25-34-32-11-5-3-9-30(32)31-10-4-6-12-33(31)34/h3-15,17-18,24,27,34H,16,19-23,25H2,1-2H3,(H,46,49)(H,44,45,47). The van der Waals surface area contributed by atoms with Crippen LogP contribution in [0.5, 0.6) is 0 Å². The molecule has 9 heteroatoms. The van der Waals surface area contributed by atoms with Gasteiger partial charge in [-0.15, -0.1) is 0 Å². The lowest BCUT2D eigenvalue weighted by atomic mass is 9.82. The average molecular weight is 743 g/mol. The van der Waals surface area contributed by atoms with Gasteiger partial charge in [-0.1, -0.05) is 72.8 Å². The molecule has 0 atom stereocenters. The first-order valence-electron chi connectivity index (χ1n) is 17.7. The van der Waals surface area contributed by atoms with Crippen molar-refractivity contribution in [1.82, 2.24) is 14.9 Å². The number of carbonyl (C=O) groups is 2. The Hall–Kier alpha value is -5.02. The second-order valence-electron chi connectivity index (χ2n) is 14.2. The molecule has 0 saturated carbocycles. The number of anilines is 3. The highest BCUT2D eigenvalue weighted by atomic mass is 79.9. The zero-order valence-electron chi connectivity index (χ0n) is 28.8. The maximum Gasteiger partial charge on any atom is 0.409 e. The van der Waals surface area contributed by atoms with Crippen molar-refractivity contribution in [3.63, 3.8) is 0 Å². The van der Waals surface area contributed by atoms with Gasteiger partial charge in [-0.25, -0.2) is 14.8 Å². The van der Waals surface area contributed by atoms with Crippen LogP contribution in [0.4, 0.5) is 22.1 Å². The molecule has 3 aliphatic rings. The van der Waals surface area contributed by atoms with Crippen molar-refractivity contribution < 1.29 is 14.3 Å². The predicted molar refractivity (Wildman–Crippen MR) is 204 cm³/mol. The molecular formula is C42H40BrN5O3. The number of carbonyl (C=O) groups excluding carboxylic acids is 2. The van der Waals surface area contributed by atoms with Gasteiger partial charge < -0.3 is 20.3 Å². The molecule has 5 aromatic rings. The number of hydrogen-bond acceptors (Lipinski definition) is 6. The number of benzene rings is 4. The van der Waals surface area contributed by atoms with E-state index in [1.807, 2.05) is 30.9 Å². The Bertz CT molecular complexity index is 2080. The first kappa shape index (κ1) is 33.1. The Labute approximate surface area is 306 Å². The van der Waals surface area contributed by atoms with Gasteiger partial charge in [-0.2, -0.15) is 0 Å². The minimum atomic E-state index is -0.562. The number of nitrogens with zero attached hydrogens (tertiary/aromatic N) is 3. The number of nitrogens with one attached hydrogen (secondary N) is 2. The van der Waals surface area contributed by atoms with E-state index >= 15 is 0 Å². The number of rotatable bonds is 8. The van der Waals surface area contributed by atoms with E-state index in [1.54, 1.807) is 6.20 Å². The fraction of sp³-hybridized carbons (Fsp3) is 0.286. The third kappa shape index (κ3) is 6.40. The lowest BCUT2D eigenvalue weighted by molar-refractivity contribution is -0.119. The summed E-state index contributed by atoms with van der Waals surface area (Å²) in [5, 5.41) is 6.38. The van der Waals surface area contributed by atoms with E-state index < -0.39 is 5.41 Å². The molecule has 8 nitrogen and oxygen atoms in total. The summed E-state index contributed by atoms with van der Waals surface area (Å²) >= 11 is 3.63. The van der Waals surface area contributed by atoms with Gasteiger partial charge in [0.25, 0.3) is 0 Å². The van der Waals surface area contributed by atoms with Crippen LogP contribution in [0.1, 0.15) is 72.0 Å². The highest BCUT2D eigenvalue weighted by molar-refractivity contribution is 9.10. The Kier molecular flexibility index (Phi) is 8.84. The third-order valence-electron chi connectivity index (χ3n) is 10.8. The molecule has 3 heterocycles. The van der Waals surface area contributed by atoms with Crippen LogP contribution in [-0.2, 0) is 27.8 Å². The maximum atomic E-state index is 13.1. The van der Waals surface area contributed by atoms with Crippen LogP contribution in [-0.4, -0.2) is 46.6 Å². The largest absolute Gasteiger partial charge is 0.448 e. The Morgan fingerprint density at radius 1 is 0.922 bits per heavy atom. The second-order valence-corrected chi connectivity index (χ2v) is 15.1. The number of aromatic nitrogens is 2. The zero-order valence-corrected chi connectivity index (χ0v) is 30.4. The molecule has 0 radical (unpaired) electrons. The van der Waals surface area contributed by atoms with Crippen molar-refractivity contribution in [2.24, 2.45) is 0 Å². The molecule has 0 spiro atoms. The third-order valence-corrected chi connectivity index (χ3v) is 11.4. The normalized spacial score (nSPS) is 16.3. The Balaban J connectivity index is 0.847. The van der Waals surface area contributed by atoms with Crippen molar-refractivity contribution in [2.45, 2.75) is 56.8 Å². The summed E-state index contributed by atoms with van der Waals surface area (Å²) in [4.78, 5) is 36.9. The van der Waals surface area contributed by atoms with Crippen LogP contribution in [0.3, 0.4) is 0 Å². The van der Waals surface area contributed by atoms with Gasteiger partial charge in [0, 0.05) is 36.6 Å². The monoisotopic (exact) mass is 741 g/mol. The molecule has 2 aliphatic heterocycles. The summed E-state index contributed by atoms with van der Waals surface area (Å²) in [6, 6.07) is 31.3. The van der Waals surface area contributed by atoms with Gasteiger partial charge in [0.2, 0.25) is 11.9 Å². The van der Waals surface area contributed by atoms with Crippen LogP contribution in [0.15, 0.2) is 102 Å². The number of likely N-dealkylation sites (tertiary alicyclic amines) is 1. The highest BCUT2D eigenvalue weighted by Gasteiger charge is 2.40. The van der Waals surface area contributed by atoms with Gasteiger partial charge >= 0.3 is 6.09 Å². The molecule has 258 valence electrons. The molecule has 1 aliphatic carbocycles. The van der Waals surface area contributed by atoms with Crippen LogP contribution in [0.2, 0.25) is 0 Å². The van der Waals surface area contributed by atoms with E-state index in [4.69, 9.17) is 9.72 Å². The predicted octanol–water partition coefficient (Wildman–Crippen LogP) is 9.13.